The molecule has 1 N–H and O–H groups in total. The zero-order valence-corrected chi connectivity index (χ0v) is 16.7. The highest BCUT2D eigenvalue weighted by atomic mass is 35.5. The summed E-state index contributed by atoms with van der Waals surface area (Å²) in [5.41, 5.74) is -0.598. The monoisotopic (exact) mass is 446 g/mol. The maximum atomic E-state index is 13.3. The summed E-state index contributed by atoms with van der Waals surface area (Å²) >= 11 is 6.04. The van der Waals surface area contributed by atoms with Crippen LogP contribution >= 0.6 is 11.6 Å². The molecule has 1 amide bonds. The van der Waals surface area contributed by atoms with Gasteiger partial charge in [-0.2, -0.15) is 17.5 Å². The van der Waals surface area contributed by atoms with E-state index in [9.17, 15) is 26.4 Å². The van der Waals surface area contributed by atoms with Crippen LogP contribution in [0.1, 0.15) is 24.0 Å². The first-order chi connectivity index (χ1) is 13.6. The molecule has 2 aromatic carbocycles. The highest BCUT2D eigenvalue weighted by Crippen LogP contribution is 2.36. The predicted molar refractivity (Wildman–Crippen MR) is 102 cm³/mol. The van der Waals surface area contributed by atoms with Crippen LogP contribution in [-0.4, -0.2) is 31.2 Å². The quantitative estimate of drug-likeness (QED) is 0.759. The number of alkyl halides is 3. The molecular formula is C19H18ClF3N2O3S. The van der Waals surface area contributed by atoms with Crippen molar-refractivity contribution in [2.75, 3.05) is 6.54 Å². The van der Waals surface area contributed by atoms with Gasteiger partial charge in [0.15, 0.2) is 0 Å². The minimum Gasteiger partial charge on any atom is -0.351 e. The number of nitrogens with zero attached hydrogens (tertiary/aromatic N) is 1. The molecule has 1 heterocycles. The summed E-state index contributed by atoms with van der Waals surface area (Å²) in [6, 6.07) is 9.75. The molecule has 0 unspecified atom stereocenters. The number of amides is 1. The van der Waals surface area contributed by atoms with Crippen molar-refractivity contribution in [1.29, 1.82) is 0 Å². The van der Waals surface area contributed by atoms with E-state index >= 15 is 0 Å². The molecule has 156 valence electrons. The van der Waals surface area contributed by atoms with Crippen LogP contribution in [0.25, 0.3) is 0 Å². The number of halogens is 4. The minimum atomic E-state index is -4.83. The molecule has 2 aromatic rings. The fraction of sp³-hybridized carbons (Fsp3) is 0.316. The lowest BCUT2D eigenvalue weighted by Gasteiger charge is -2.25. The standard InChI is InChI=1S/C19H18ClF3N2O3S/c20-15-8-3-1-6-13(15)12-24-18(26)16-9-5-11-25(16)29(27,28)17-10-4-2-7-14(17)19(21,22)23/h1-4,6-8,10,16H,5,9,11-12H2,(H,24,26)/t16-/m1/s1. The van der Waals surface area contributed by atoms with E-state index in [4.69, 9.17) is 11.6 Å². The molecular weight excluding hydrogens is 429 g/mol. The highest BCUT2D eigenvalue weighted by molar-refractivity contribution is 7.89. The molecule has 0 bridgehead atoms. The Morgan fingerprint density at radius 3 is 2.48 bits per heavy atom. The smallest absolute Gasteiger partial charge is 0.351 e. The molecule has 1 atom stereocenters. The lowest BCUT2D eigenvalue weighted by atomic mass is 10.2. The van der Waals surface area contributed by atoms with Crippen LogP contribution in [0, 0.1) is 0 Å². The van der Waals surface area contributed by atoms with Crippen molar-refractivity contribution >= 4 is 27.5 Å². The van der Waals surface area contributed by atoms with Crippen LogP contribution in [0.3, 0.4) is 0 Å². The maximum absolute atomic E-state index is 13.3. The minimum absolute atomic E-state index is 0.0291. The number of carbonyl (C=O) groups is 1. The van der Waals surface area contributed by atoms with Crippen LogP contribution in [0.15, 0.2) is 53.4 Å². The molecule has 0 aromatic heterocycles. The number of hydrogen-bond acceptors (Lipinski definition) is 3. The Hall–Kier alpha value is -2.10. The molecule has 1 fully saturated rings. The highest BCUT2D eigenvalue weighted by Gasteiger charge is 2.43. The zero-order valence-electron chi connectivity index (χ0n) is 15.1. The van der Waals surface area contributed by atoms with Gasteiger partial charge in [0.2, 0.25) is 15.9 Å². The van der Waals surface area contributed by atoms with Gasteiger partial charge in [-0.1, -0.05) is 41.9 Å². The molecule has 0 aliphatic carbocycles. The first kappa shape index (κ1) is 21.6. The zero-order chi connectivity index (χ0) is 21.2. The first-order valence-corrected chi connectivity index (χ1v) is 10.6. The number of sulfonamides is 1. The summed E-state index contributed by atoms with van der Waals surface area (Å²) in [5.74, 6) is -0.574. The summed E-state index contributed by atoms with van der Waals surface area (Å²) in [7, 11) is -4.51. The molecule has 1 aliphatic rings. The molecule has 0 saturated carbocycles. The van der Waals surface area contributed by atoms with E-state index in [-0.39, 0.29) is 19.5 Å². The fourth-order valence-electron chi connectivity index (χ4n) is 3.28. The second kappa shape index (κ2) is 8.33. The molecule has 5 nitrogen and oxygen atoms in total. The molecule has 1 saturated heterocycles. The fourth-order valence-corrected chi connectivity index (χ4v) is 5.36. The number of carbonyl (C=O) groups excluding carboxylic acids is 1. The second-order valence-electron chi connectivity index (χ2n) is 6.58. The van der Waals surface area contributed by atoms with Crippen molar-refractivity contribution < 1.29 is 26.4 Å². The van der Waals surface area contributed by atoms with E-state index in [1.165, 1.54) is 6.07 Å². The average molecular weight is 447 g/mol. The normalized spacial score (nSPS) is 18.0. The largest absolute Gasteiger partial charge is 0.417 e. The Kier molecular flexibility index (Phi) is 6.21. The Labute approximate surface area is 171 Å². The van der Waals surface area contributed by atoms with Gasteiger partial charge in [0, 0.05) is 18.1 Å². The van der Waals surface area contributed by atoms with Crippen LogP contribution in [0.4, 0.5) is 13.2 Å². The van der Waals surface area contributed by atoms with Gasteiger partial charge in [0.25, 0.3) is 0 Å². The van der Waals surface area contributed by atoms with Crippen molar-refractivity contribution in [1.82, 2.24) is 9.62 Å². The van der Waals surface area contributed by atoms with Crippen molar-refractivity contribution in [3.05, 3.63) is 64.7 Å². The van der Waals surface area contributed by atoms with Gasteiger partial charge in [0.1, 0.15) is 6.04 Å². The van der Waals surface area contributed by atoms with Gasteiger partial charge < -0.3 is 5.32 Å². The van der Waals surface area contributed by atoms with Gasteiger partial charge in [0.05, 0.1) is 10.5 Å². The molecule has 1 aliphatic heterocycles. The predicted octanol–water partition coefficient (Wildman–Crippen LogP) is 3.83. The van der Waals surface area contributed by atoms with E-state index < -0.39 is 38.6 Å². The lowest BCUT2D eigenvalue weighted by Crippen LogP contribution is -2.46. The van der Waals surface area contributed by atoms with Crippen molar-refractivity contribution in [2.24, 2.45) is 0 Å². The van der Waals surface area contributed by atoms with E-state index in [0.29, 0.717) is 17.0 Å². The molecule has 29 heavy (non-hydrogen) atoms. The van der Waals surface area contributed by atoms with Crippen LogP contribution in [0.5, 0.6) is 0 Å². The van der Waals surface area contributed by atoms with Gasteiger partial charge in [-0.05, 0) is 36.6 Å². The van der Waals surface area contributed by atoms with Crippen molar-refractivity contribution in [2.45, 2.75) is 36.5 Å². The SMILES string of the molecule is O=C(NCc1ccccc1Cl)[C@H]1CCCN1S(=O)(=O)c1ccccc1C(F)(F)F. The van der Waals surface area contributed by atoms with Gasteiger partial charge >= 0.3 is 6.18 Å². The van der Waals surface area contributed by atoms with Gasteiger partial charge in [-0.3, -0.25) is 4.79 Å². The van der Waals surface area contributed by atoms with E-state index in [0.717, 1.165) is 22.5 Å². The van der Waals surface area contributed by atoms with Crippen LogP contribution in [-0.2, 0) is 27.5 Å². The summed E-state index contributed by atoms with van der Waals surface area (Å²) in [6.07, 6.45) is -4.23. The number of benzene rings is 2. The number of hydrogen-bond donors (Lipinski definition) is 1. The summed E-state index contributed by atoms with van der Waals surface area (Å²) in [4.78, 5) is 11.8. The number of rotatable bonds is 5. The Balaban J connectivity index is 1.83. The third-order valence-corrected chi connectivity index (χ3v) is 7.03. The van der Waals surface area contributed by atoms with E-state index in [1.807, 2.05) is 0 Å². The molecule has 0 radical (unpaired) electrons. The lowest BCUT2D eigenvalue weighted by molar-refractivity contribution is -0.139. The van der Waals surface area contributed by atoms with Crippen LogP contribution < -0.4 is 5.32 Å². The molecule has 10 heteroatoms. The van der Waals surface area contributed by atoms with Crippen LogP contribution in [0.2, 0.25) is 5.02 Å². The topological polar surface area (TPSA) is 66.5 Å². The summed E-state index contributed by atoms with van der Waals surface area (Å²) < 4.78 is 66.7. The third-order valence-electron chi connectivity index (χ3n) is 4.70. The van der Waals surface area contributed by atoms with E-state index in [2.05, 4.69) is 5.32 Å². The van der Waals surface area contributed by atoms with Gasteiger partial charge in [-0.15, -0.1) is 0 Å². The maximum Gasteiger partial charge on any atom is 0.417 e. The average Bonchev–Trinajstić information content (AvgIpc) is 3.17. The molecule has 3 rings (SSSR count). The Morgan fingerprint density at radius 1 is 1.14 bits per heavy atom. The summed E-state index contributed by atoms with van der Waals surface area (Å²) in [6.45, 7) is 0.0563. The van der Waals surface area contributed by atoms with E-state index in [1.54, 1.807) is 24.3 Å². The Morgan fingerprint density at radius 2 is 1.79 bits per heavy atom. The second-order valence-corrected chi connectivity index (χ2v) is 8.84. The summed E-state index contributed by atoms with van der Waals surface area (Å²) in [5, 5.41) is 3.08. The third kappa shape index (κ3) is 4.57. The first-order valence-electron chi connectivity index (χ1n) is 8.81. The Bertz CT molecular complexity index is 1010. The van der Waals surface area contributed by atoms with Gasteiger partial charge in [-0.25, -0.2) is 8.42 Å². The molecule has 0 spiro atoms. The number of nitrogens with one attached hydrogen (secondary N) is 1. The van der Waals surface area contributed by atoms with Crippen molar-refractivity contribution in [3.8, 4) is 0 Å². The van der Waals surface area contributed by atoms with Crippen molar-refractivity contribution in [3.63, 3.8) is 0 Å².